The molecular weight excluding hydrogens is 423 g/mol. The van der Waals surface area contributed by atoms with Gasteiger partial charge in [0.2, 0.25) is 5.82 Å². The topological polar surface area (TPSA) is 76.5 Å². The summed E-state index contributed by atoms with van der Waals surface area (Å²) < 4.78 is 39.6. The lowest BCUT2D eigenvalue weighted by molar-refractivity contribution is -0.147. The van der Waals surface area contributed by atoms with Gasteiger partial charge < -0.3 is 9.55 Å². The quantitative estimate of drug-likeness (QED) is 0.470. The van der Waals surface area contributed by atoms with Crippen molar-refractivity contribution in [1.29, 1.82) is 0 Å². The number of aromatic amines is 1. The molecule has 29 heavy (non-hydrogen) atoms. The van der Waals surface area contributed by atoms with Crippen molar-refractivity contribution in [3.05, 3.63) is 57.7 Å². The highest BCUT2D eigenvalue weighted by Gasteiger charge is 2.37. The Morgan fingerprint density at radius 3 is 2.59 bits per heavy atom. The first kappa shape index (κ1) is 19.6. The Balaban J connectivity index is 1.67. The van der Waals surface area contributed by atoms with Gasteiger partial charge in [0.25, 0.3) is 5.56 Å². The third-order valence-electron chi connectivity index (χ3n) is 4.30. The Bertz CT molecular complexity index is 1230. The molecule has 6 nitrogen and oxygen atoms in total. The molecule has 0 saturated carbocycles. The molecule has 0 aliphatic carbocycles. The van der Waals surface area contributed by atoms with Crippen LogP contribution in [0.4, 0.5) is 13.2 Å². The zero-order chi connectivity index (χ0) is 20.8. The minimum Gasteiger partial charge on any atom is -0.309 e. The number of rotatable bonds is 4. The van der Waals surface area contributed by atoms with Gasteiger partial charge in [-0.2, -0.15) is 13.2 Å². The highest BCUT2D eigenvalue weighted by atomic mass is 32.2. The lowest BCUT2D eigenvalue weighted by atomic mass is 10.1. The van der Waals surface area contributed by atoms with Crippen LogP contribution in [0.15, 0.2) is 45.7 Å². The number of hydrogen-bond acceptors (Lipinski definition) is 6. The van der Waals surface area contributed by atoms with Gasteiger partial charge in [-0.1, -0.05) is 42.1 Å². The first-order valence-corrected chi connectivity index (χ1v) is 10.2. The highest BCUT2D eigenvalue weighted by Crippen LogP contribution is 2.36. The van der Waals surface area contributed by atoms with Crippen molar-refractivity contribution in [3.8, 4) is 11.1 Å². The standard InChI is InChI=1S/C18H14F3N5OS2/c1-9(29-17-25-24-16(26(17)2)18(19,20)21)13-22-14(27)12-11(8-28-15(12)23-13)10-6-4-3-5-7-10/h3-9H,1-2H3,(H,22,23,27). The summed E-state index contributed by atoms with van der Waals surface area (Å²) in [6, 6.07) is 9.51. The average molecular weight is 437 g/mol. The van der Waals surface area contributed by atoms with Crippen LogP contribution in [0.1, 0.15) is 23.8 Å². The number of nitrogens with one attached hydrogen (secondary N) is 1. The molecule has 3 aromatic heterocycles. The molecule has 0 bridgehead atoms. The molecule has 0 aliphatic rings. The van der Waals surface area contributed by atoms with Crippen LogP contribution in [-0.2, 0) is 13.2 Å². The van der Waals surface area contributed by atoms with Gasteiger partial charge in [-0.3, -0.25) is 4.79 Å². The highest BCUT2D eigenvalue weighted by molar-refractivity contribution is 7.99. The molecule has 4 aromatic rings. The molecule has 4 rings (SSSR count). The van der Waals surface area contributed by atoms with Crippen LogP contribution in [0.2, 0.25) is 0 Å². The van der Waals surface area contributed by atoms with Crippen LogP contribution >= 0.6 is 23.1 Å². The van der Waals surface area contributed by atoms with Crippen molar-refractivity contribution in [2.75, 3.05) is 0 Å². The first-order valence-electron chi connectivity index (χ1n) is 8.45. The van der Waals surface area contributed by atoms with E-state index in [-0.39, 0.29) is 10.7 Å². The van der Waals surface area contributed by atoms with Crippen molar-refractivity contribution in [1.82, 2.24) is 24.7 Å². The van der Waals surface area contributed by atoms with Gasteiger partial charge in [-0.15, -0.1) is 21.5 Å². The number of benzene rings is 1. The fourth-order valence-corrected chi connectivity index (χ4v) is 4.69. The van der Waals surface area contributed by atoms with E-state index >= 15 is 0 Å². The molecule has 1 unspecified atom stereocenters. The Labute approximate surface area is 170 Å². The predicted octanol–water partition coefficient (Wildman–Crippen LogP) is 4.65. The number of alkyl halides is 3. The predicted molar refractivity (Wildman–Crippen MR) is 106 cm³/mol. The summed E-state index contributed by atoms with van der Waals surface area (Å²) in [4.78, 5) is 20.6. The fraction of sp³-hybridized carbons (Fsp3) is 0.222. The van der Waals surface area contributed by atoms with Crippen molar-refractivity contribution >= 4 is 33.3 Å². The number of aromatic nitrogens is 5. The summed E-state index contributed by atoms with van der Waals surface area (Å²) in [6.07, 6.45) is -4.58. The van der Waals surface area contributed by atoms with E-state index in [1.807, 2.05) is 35.7 Å². The molecule has 0 radical (unpaired) electrons. The first-order chi connectivity index (χ1) is 13.8. The molecule has 3 heterocycles. The van der Waals surface area contributed by atoms with Gasteiger partial charge in [0, 0.05) is 18.0 Å². The van der Waals surface area contributed by atoms with E-state index in [0.29, 0.717) is 16.0 Å². The van der Waals surface area contributed by atoms with Crippen LogP contribution in [0.3, 0.4) is 0 Å². The second kappa shape index (κ2) is 7.30. The van der Waals surface area contributed by atoms with Crippen molar-refractivity contribution < 1.29 is 13.2 Å². The van der Waals surface area contributed by atoms with Gasteiger partial charge in [0.1, 0.15) is 10.7 Å². The number of nitrogens with zero attached hydrogens (tertiary/aromatic N) is 4. The summed E-state index contributed by atoms with van der Waals surface area (Å²) in [5.74, 6) is -0.708. The Kier molecular flexibility index (Phi) is 4.95. The summed E-state index contributed by atoms with van der Waals surface area (Å²) in [7, 11) is 1.25. The van der Waals surface area contributed by atoms with E-state index < -0.39 is 17.3 Å². The maximum Gasteiger partial charge on any atom is 0.451 e. The van der Waals surface area contributed by atoms with Crippen LogP contribution in [0.25, 0.3) is 21.3 Å². The summed E-state index contributed by atoms with van der Waals surface area (Å²) in [5.41, 5.74) is 1.43. The third kappa shape index (κ3) is 3.67. The normalized spacial score (nSPS) is 13.1. The SMILES string of the molecule is CC(Sc1nnc(C(F)(F)F)n1C)c1nc2scc(-c3ccccc3)c2c(=O)[nH]1. The summed E-state index contributed by atoms with van der Waals surface area (Å²) in [6.45, 7) is 1.74. The molecule has 11 heteroatoms. The monoisotopic (exact) mass is 437 g/mol. The van der Waals surface area contributed by atoms with Gasteiger partial charge in [-0.25, -0.2) is 4.98 Å². The molecule has 0 spiro atoms. The number of H-pyrrole nitrogens is 1. The number of thioether (sulfide) groups is 1. The van der Waals surface area contributed by atoms with Crippen LogP contribution in [0, 0.1) is 0 Å². The second-order valence-electron chi connectivity index (χ2n) is 6.27. The van der Waals surface area contributed by atoms with E-state index in [1.54, 1.807) is 6.92 Å². The maximum absolute atomic E-state index is 12.9. The largest absolute Gasteiger partial charge is 0.451 e. The summed E-state index contributed by atoms with van der Waals surface area (Å²) in [5, 5.41) is 8.86. The molecule has 150 valence electrons. The van der Waals surface area contributed by atoms with E-state index in [2.05, 4.69) is 20.2 Å². The molecule has 0 amide bonds. The van der Waals surface area contributed by atoms with Crippen molar-refractivity contribution in [2.45, 2.75) is 23.5 Å². The van der Waals surface area contributed by atoms with Gasteiger partial charge >= 0.3 is 6.18 Å². The Hall–Kier alpha value is -2.66. The van der Waals surface area contributed by atoms with E-state index in [9.17, 15) is 18.0 Å². The number of fused-ring (bicyclic) bond motifs is 1. The number of hydrogen-bond donors (Lipinski definition) is 1. The van der Waals surface area contributed by atoms with Crippen LogP contribution < -0.4 is 5.56 Å². The lowest BCUT2D eigenvalue weighted by Crippen LogP contribution is -2.14. The summed E-state index contributed by atoms with van der Waals surface area (Å²) >= 11 is 2.39. The smallest absolute Gasteiger partial charge is 0.309 e. The second-order valence-corrected chi connectivity index (χ2v) is 8.44. The maximum atomic E-state index is 12.9. The molecule has 0 saturated heterocycles. The Morgan fingerprint density at radius 1 is 1.21 bits per heavy atom. The van der Waals surface area contributed by atoms with Gasteiger partial charge in [-0.05, 0) is 12.5 Å². The van der Waals surface area contributed by atoms with Crippen molar-refractivity contribution in [2.24, 2.45) is 7.05 Å². The molecule has 1 aromatic carbocycles. The van der Waals surface area contributed by atoms with Gasteiger partial charge in [0.15, 0.2) is 5.16 Å². The molecule has 0 fully saturated rings. The number of thiophene rings is 1. The molecule has 0 aliphatic heterocycles. The number of halogens is 3. The zero-order valence-corrected chi connectivity index (χ0v) is 16.8. The Morgan fingerprint density at radius 2 is 1.93 bits per heavy atom. The fourth-order valence-electron chi connectivity index (χ4n) is 2.87. The molecule has 1 atom stereocenters. The van der Waals surface area contributed by atoms with Crippen molar-refractivity contribution in [3.63, 3.8) is 0 Å². The van der Waals surface area contributed by atoms with E-state index in [0.717, 1.165) is 27.5 Å². The minimum atomic E-state index is -4.58. The lowest BCUT2D eigenvalue weighted by Gasteiger charge is -2.11. The van der Waals surface area contributed by atoms with E-state index in [4.69, 9.17) is 0 Å². The molecule has 1 N–H and O–H groups in total. The minimum absolute atomic E-state index is 0.0868. The van der Waals surface area contributed by atoms with Crippen LogP contribution in [0.5, 0.6) is 0 Å². The molecular formula is C18H14F3N5OS2. The average Bonchev–Trinajstić information content (AvgIpc) is 3.26. The van der Waals surface area contributed by atoms with E-state index in [1.165, 1.54) is 18.4 Å². The third-order valence-corrected chi connectivity index (χ3v) is 6.32. The van der Waals surface area contributed by atoms with Crippen LogP contribution in [-0.4, -0.2) is 24.7 Å². The zero-order valence-electron chi connectivity index (χ0n) is 15.2. The van der Waals surface area contributed by atoms with Gasteiger partial charge in [0.05, 0.1) is 10.6 Å².